The molecular weight excluding hydrogens is 184 g/mol. The van der Waals surface area contributed by atoms with Crippen molar-refractivity contribution in [1.82, 2.24) is 0 Å². The van der Waals surface area contributed by atoms with Crippen LogP contribution in [0.5, 0.6) is 0 Å². The van der Waals surface area contributed by atoms with Crippen LogP contribution in [0, 0.1) is 11.3 Å². The number of hydrogen-bond acceptors (Lipinski definition) is 1. The van der Waals surface area contributed by atoms with Gasteiger partial charge in [0.15, 0.2) is 5.78 Å². The van der Waals surface area contributed by atoms with Crippen LogP contribution in [0.15, 0.2) is 23.8 Å². The molecule has 0 bridgehead atoms. The zero-order valence-corrected chi connectivity index (χ0v) is 10.3. The summed E-state index contributed by atoms with van der Waals surface area (Å²) in [5.74, 6) is 0.823. The first-order valence-corrected chi connectivity index (χ1v) is 5.76. The van der Waals surface area contributed by atoms with Gasteiger partial charge in [-0.2, -0.15) is 0 Å². The van der Waals surface area contributed by atoms with Crippen LogP contribution >= 0.6 is 0 Å². The van der Waals surface area contributed by atoms with E-state index in [1.54, 1.807) is 6.08 Å². The van der Waals surface area contributed by atoms with Crippen molar-refractivity contribution in [2.24, 2.45) is 11.3 Å². The van der Waals surface area contributed by atoms with E-state index in [1.807, 2.05) is 0 Å². The van der Waals surface area contributed by atoms with Crippen molar-refractivity contribution in [2.75, 3.05) is 0 Å². The molecule has 0 heterocycles. The Kier molecular flexibility index (Phi) is 3.90. The van der Waals surface area contributed by atoms with Crippen LogP contribution in [-0.2, 0) is 4.79 Å². The number of allylic oxidation sites excluding steroid dienone is 4. The molecule has 1 rings (SSSR count). The van der Waals surface area contributed by atoms with Gasteiger partial charge in [0.1, 0.15) is 0 Å². The fraction of sp³-hybridized carbons (Fsp3) is 0.643. The van der Waals surface area contributed by atoms with E-state index in [0.29, 0.717) is 12.3 Å². The second kappa shape index (κ2) is 4.78. The SMILES string of the molecule is CC(C)=CCCC1C=CC(=O)CC1(C)C. The number of rotatable bonds is 3. The molecule has 0 saturated heterocycles. The molecule has 0 N–H and O–H groups in total. The van der Waals surface area contributed by atoms with Gasteiger partial charge in [0.2, 0.25) is 0 Å². The molecule has 0 saturated carbocycles. The van der Waals surface area contributed by atoms with Gasteiger partial charge >= 0.3 is 0 Å². The molecule has 0 aromatic heterocycles. The minimum absolute atomic E-state index is 0.140. The largest absolute Gasteiger partial charge is 0.295 e. The number of carbonyl (C=O) groups is 1. The van der Waals surface area contributed by atoms with Crippen molar-refractivity contribution < 1.29 is 4.79 Å². The second-order valence-electron chi connectivity index (χ2n) is 5.46. The first kappa shape index (κ1) is 12.2. The predicted octanol–water partition coefficient (Wildman–Crippen LogP) is 3.90. The summed E-state index contributed by atoms with van der Waals surface area (Å²) < 4.78 is 0. The van der Waals surface area contributed by atoms with Gasteiger partial charge in [-0.3, -0.25) is 4.79 Å². The average molecular weight is 206 g/mol. The summed E-state index contributed by atoms with van der Waals surface area (Å²) in [7, 11) is 0. The average Bonchev–Trinajstić information content (AvgIpc) is 2.07. The number of carbonyl (C=O) groups excluding carboxylic acids is 1. The molecule has 0 spiro atoms. The molecule has 15 heavy (non-hydrogen) atoms. The van der Waals surface area contributed by atoms with Crippen LogP contribution in [0.3, 0.4) is 0 Å². The topological polar surface area (TPSA) is 17.1 Å². The lowest BCUT2D eigenvalue weighted by Crippen LogP contribution is -2.28. The van der Waals surface area contributed by atoms with E-state index in [4.69, 9.17) is 0 Å². The molecule has 1 atom stereocenters. The zero-order valence-electron chi connectivity index (χ0n) is 10.3. The summed E-state index contributed by atoms with van der Waals surface area (Å²) in [6.07, 6.45) is 9.11. The van der Waals surface area contributed by atoms with Crippen molar-refractivity contribution >= 4 is 5.78 Å². The minimum Gasteiger partial charge on any atom is -0.295 e. The Bertz CT molecular complexity index is 290. The Morgan fingerprint density at radius 2 is 2.20 bits per heavy atom. The van der Waals surface area contributed by atoms with E-state index < -0.39 is 0 Å². The Morgan fingerprint density at radius 1 is 1.53 bits per heavy atom. The van der Waals surface area contributed by atoms with Crippen LogP contribution in [0.4, 0.5) is 0 Å². The molecule has 1 aliphatic rings. The summed E-state index contributed by atoms with van der Waals surface area (Å²) in [6, 6.07) is 0. The Balaban J connectivity index is 2.57. The Hall–Kier alpha value is -0.850. The van der Waals surface area contributed by atoms with E-state index in [-0.39, 0.29) is 11.2 Å². The van der Waals surface area contributed by atoms with E-state index in [1.165, 1.54) is 5.57 Å². The zero-order chi connectivity index (χ0) is 11.5. The van der Waals surface area contributed by atoms with E-state index in [9.17, 15) is 4.79 Å². The van der Waals surface area contributed by atoms with E-state index in [2.05, 4.69) is 39.8 Å². The van der Waals surface area contributed by atoms with Crippen LogP contribution < -0.4 is 0 Å². The maximum Gasteiger partial charge on any atom is 0.155 e. The van der Waals surface area contributed by atoms with Crippen LogP contribution in [0.2, 0.25) is 0 Å². The number of hydrogen-bond donors (Lipinski definition) is 0. The first-order chi connectivity index (χ1) is 6.92. The highest BCUT2D eigenvalue weighted by Gasteiger charge is 2.31. The lowest BCUT2D eigenvalue weighted by Gasteiger charge is -2.34. The molecule has 0 amide bonds. The molecule has 0 aliphatic heterocycles. The lowest BCUT2D eigenvalue weighted by atomic mass is 9.70. The molecule has 1 heteroatoms. The lowest BCUT2D eigenvalue weighted by molar-refractivity contribution is -0.117. The summed E-state index contributed by atoms with van der Waals surface area (Å²) in [6.45, 7) is 8.65. The maximum atomic E-state index is 11.3. The third kappa shape index (κ3) is 3.65. The highest BCUT2D eigenvalue weighted by atomic mass is 16.1. The molecular formula is C14H22O. The molecule has 0 aromatic carbocycles. The molecule has 0 aromatic rings. The standard InChI is InChI=1S/C14H22O/c1-11(2)6-5-7-12-8-9-13(15)10-14(12,3)4/h6,8-9,12H,5,7,10H2,1-4H3. The van der Waals surface area contributed by atoms with Crippen molar-refractivity contribution in [3.63, 3.8) is 0 Å². The van der Waals surface area contributed by atoms with Crippen molar-refractivity contribution in [3.8, 4) is 0 Å². The molecule has 0 fully saturated rings. The van der Waals surface area contributed by atoms with Gasteiger partial charge in [0.05, 0.1) is 0 Å². The minimum atomic E-state index is 0.140. The van der Waals surface area contributed by atoms with Gasteiger partial charge in [-0.25, -0.2) is 0 Å². The van der Waals surface area contributed by atoms with Gasteiger partial charge in [0, 0.05) is 6.42 Å². The summed E-state index contributed by atoms with van der Waals surface area (Å²) >= 11 is 0. The monoisotopic (exact) mass is 206 g/mol. The highest BCUT2D eigenvalue weighted by Crippen LogP contribution is 2.38. The van der Waals surface area contributed by atoms with Crippen LogP contribution in [-0.4, -0.2) is 5.78 Å². The molecule has 1 nitrogen and oxygen atoms in total. The first-order valence-electron chi connectivity index (χ1n) is 5.76. The van der Waals surface area contributed by atoms with Gasteiger partial charge in [-0.05, 0) is 44.1 Å². The summed E-state index contributed by atoms with van der Waals surface area (Å²) in [5, 5.41) is 0. The Labute approximate surface area is 93.3 Å². The van der Waals surface area contributed by atoms with E-state index >= 15 is 0 Å². The van der Waals surface area contributed by atoms with Gasteiger partial charge in [-0.15, -0.1) is 0 Å². The molecule has 1 unspecified atom stereocenters. The predicted molar refractivity (Wildman–Crippen MR) is 64.7 cm³/mol. The van der Waals surface area contributed by atoms with Gasteiger partial charge < -0.3 is 0 Å². The molecule has 0 radical (unpaired) electrons. The normalized spacial score (nSPS) is 24.0. The fourth-order valence-electron chi connectivity index (χ4n) is 2.16. The van der Waals surface area contributed by atoms with Crippen molar-refractivity contribution in [2.45, 2.75) is 47.0 Å². The van der Waals surface area contributed by atoms with Crippen LogP contribution in [0.1, 0.15) is 47.0 Å². The highest BCUT2D eigenvalue weighted by molar-refractivity contribution is 5.91. The third-order valence-electron chi connectivity index (χ3n) is 3.18. The maximum absolute atomic E-state index is 11.3. The summed E-state index contributed by atoms with van der Waals surface area (Å²) in [5.41, 5.74) is 1.52. The molecule has 84 valence electrons. The van der Waals surface area contributed by atoms with Crippen LogP contribution in [0.25, 0.3) is 0 Å². The third-order valence-corrected chi connectivity index (χ3v) is 3.18. The second-order valence-corrected chi connectivity index (χ2v) is 5.46. The van der Waals surface area contributed by atoms with Gasteiger partial charge in [-0.1, -0.05) is 31.6 Å². The van der Waals surface area contributed by atoms with E-state index in [0.717, 1.165) is 12.8 Å². The fourth-order valence-corrected chi connectivity index (χ4v) is 2.16. The van der Waals surface area contributed by atoms with Crippen molar-refractivity contribution in [3.05, 3.63) is 23.8 Å². The Morgan fingerprint density at radius 3 is 2.73 bits per heavy atom. The quantitative estimate of drug-likeness (QED) is 0.640. The smallest absolute Gasteiger partial charge is 0.155 e. The summed E-state index contributed by atoms with van der Waals surface area (Å²) in [4.78, 5) is 11.3. The van der Waals surface area contributed by atoms with Gasteiger partial charge in [0.25, 0.3) is 0 Å². The molecule has 1 aliphatic carbocycles. The van der Waals surface area contributed by atoms with Crippen molar-refractivity contribution in [1.29, 1.82) is 0 Å². The number of ketones is 1.